The van der Waals surface area contributed by atoms with Gasteiger partial charge in [-0.1, -0.05) is 0 Å². The highest BCUT2D eigenvalue weighted by atomic mass is 16.1. The molecule has 2 heterocycles. The molecule has 62 valence electrons. The van der Waals surface area contributed by atoms with E-state index >= 15 is 0 Å². The van der Waals surface area contributed by atoms with Crippen LogP contribution in [0.5, 0.6) is 0 Å². The standard InChI is InChI=1S/C8H14N2O/c11-7-10-5-8(6-10)1-3-9-4-2-8/h7,9H,1-6H2. The van der Waals surface area contributed by atoms with Gasteiger partial charge in [0.25, 0.3) is 0 Å². The number of hydrogen-bond donors (Lipinski definition) is 1. The van der Waals surface area contributed by atoms with Crippen molar-refractivity contribution in [1.82, 2.24) is 10.2 Å². The van der Waals surface area contributed by atoms with Crippen molar-refractivity contribution >= 4 is 6.41 Å². The molecule has 2 rings (SSSR count). The van der Waals surface area contributed by atoms with Crippen molar-refractivity contribution in [3.8, 4) is 0 Å². The first-order valence-electron chi connectivity index (χ1n) is 4.25. The van der Waals surface area contributed by atoms with E-state index in [1.165, 1.54) is 12.8 Å². The zero-order valence-corrected chi connectivity index (χ0v) is 6.68. The van der Waals surface area contributed by atoms with Crippen molar-refractivity contribution in [2.45, 2.75) is 12.8 Å². The number of piperidine rings is 1. The number of nitrogens with one attached hydrogen (secondary N) is 1. The molecule has 0 aromatic heterocycles. The number of carbonyl (C=O) groups excluding carboxylic acids is 1. The highest BCUT2D eigenvalue weighted by Gasteiger charge is 2.42. The molecule has 0 atom stereocenters. The van der Waals surface area contributed by atoms with Gasteiger partial charge in [-0.15, -0.1) is 0 Å². The molecule has 11 heavy (non-hydrogen) atoms. The van der Waals surface area contributed by atoms with Gasteiger partial charge in [-0.05, 0) is 25.9 Å². The molecule has 1 spiro atoms. The van der Waals surface area contributed by atoms with Gasteiger partial charge in [0, 0.05) is 18.5 Å². The van der Waals surface area contributed by atoms with E-state index in [9.17, 15) is 4.79 Å². The van der Waals surface area contributed by atoms with Crippen LogP contribution in [0.1, 0.15) is 12.8 Å². The normalized spacial score (nSPS) is 28.2. The monoisotopic (exact) mass is 154 g/mol. The molecule has 1 amide bonds. The fourth-order valence-electron chi connectivity index (χ4n) is 2.16. The Morgan fingerprint density at radius 1 is 1.27 bits per heavy atom. The lowest BCUT2D eigenvalue weighted by Crippen LogP contribution is -2.59. The highest BCUT2D eigenvalue weighted by molar-refractivity contribution is 5.49. The van der Waals surface area contributed by atoms with Crippen LogP contribution in [-0.2, 0) is 4.79 Å². The molecule has 3 nitrogen and oxygen atoms in total. The van der Waals surface area contributed by atoms with Gasteiger partial charge >= 0.3 is 0 Å². The molecular formula is C8H14N2O. The Morgan fingerprint density at radius 3 is 2.45 bits per heavy atom. The first-order valence-corrected chi connectivity index (χ1v) is 4.25. The molecule has 0 unspecified atom stereocenters. The van der Waals surface area contributed by atoms with Crippen molar-refractivity contribution in [2.75, 3.05) is 26.2 Å². The van der Waals surface area contributed by atoms with Crippen LogP contribution in [0, 0.1) is 5.41 Å². The molecule has 3 heteroatoms. The van der Waals surface area contributed by atoms with E-state index in [0.29, 0.717) is 5.41 Å². The predicted molar refractivity (Wildman–Crippen MR) is 42.2 cm³/mol. The number of rotatable bonds is 1. The molecule has 0 bridgehead atoms. The van der Waals surface area contributed by atoms with Crippen molar-refractivity contribution < 1.29 is 4.79 Å². The van der Waals surface area contributed by atoms with Crippen LogP contribution in [0.25, 0.3) is 0 Å². The molecule has 0 aliphatic carbocycles. The second kappa shape index (κ2) is 2.48. The Morgan fingerprint density at radius 2 is 1.91 bits per heavy atom. The summed E-state index contributed by atoms with van der Waals surface area (Å²) >= 11 is 0. The third-order valence-corrected chi connectivity index (χ3v) is 2.89. The van der Waals surface area contributed by atoms with Gasteiger partial charge in [-0.3, -0.25) is 4.79 Å². The number of nitrogens with zero attached hydrogens (tertiary/aromatic N) is 1. The molecule has 2 saturated heterocycles. The Labute approximate surface area is 66.8 Å². The van der Waals surface area contributed by atoms with Crippen molar-refractivity contribution in [3.63, 3.8) is 0 Å². The number of carbonyl (C=O) groups is 1. The zero-order valence-electron chi connectivity index (χ0n) is 6.68. The average molecular weight is 154 g/mol. The maximum absolute atomic E-state index is 10.3. The van der Waals surface area contributed by atoms with Crippen LogP contribution in [0.3, 0.4) is 0 Å². The smallest absolute Gasteiger partial charge is 0.209 e. The molecule has 0 radical (unpaired) electrons. The third kappa shape index (κ3) is 1.13. The molecule has 0 aromatic carbocycles. The molecule has 1 N–H and O–H groups in total. The van der Waals surface area contributed by atoms with E-state index in [1.807, 2.05) is 4.90 Å². The molecule has 2 aliphatic rings. The van der Waals surface area contributed by atoms with E-state index in [-0.39, 0.29) is 0 Å². The minimum Gasteiger partial charge on any atom is -0.344 e. The maximum atomic E-state index is 10.3. The summed E-state index contributed by atoms with van der Waals surface area (Å²) in [6, 6.07) is 0. The van der Waals surface area contributed by atoms with Crippen LogP contribution >= 0.6 is 0 Å². The molecule has 2 aliphatic heterocycles. The second-order valence-corrected chi connectivity index (χ2v) is 3.76. The van der Waals surface area contributed by atoms with Crippen molar-refractivity contribution in [1.29, 1.82) is 0 Å². The Kier molecular flexibility index (Phi) is 1.60. The third-order valence-electron chi connectivity index (χ3n) is 2.89. The summed E-state index contributed by atoms with van der Waals surface area (Å²) in [5.74, 6) is 0. The molecule has 0 saturated carbocycles. The predicted octanol–water partition coefficient (Wildman–Crippen LogP) is -0.172. The lowest BCUT2D eigenvalue weighted by Gasteiger charge is -2.50. The molecule has 0 aromatic rings. The van der Waals surface area contributed by atoms with Gasteiger partial charge < -0.3 is 10.2 Å². The quantitative estimate of drug-likeness (QED) is 0.532. The van der Waals surface area contributed by atoms with Gasteiger partial charge in [0.05, 0.1) is 0 Å². The SMILES string of the molecule is O=CN1CC2(CCNCC2)C1. The van der Waals surface area contributed by atoms with Crippen molar-refractivity contribution in [2.24, 2.45) is 5.41 Å². The summed E-state index contributed by atoms with van der Waals surface area (Å²) < 4.78 is 0. The minimum absolute atomic E-state index is 0.506. The van der Waals surface area contributed by atoms with E-state index < -0.39 is 0 Å². The summed E-state index contributed by atoms with van der Waals surface area (Å²) in [5.41, 5.74) is 0.506. The van der Waals surface area contributed by atoms with Gasteiger partial charge in [0.2, 0.25) is 6.41 Å². The van der Waals surface area contributed by atoms with Crippen LogP contribution in [0.2, 0.25) is 0 Å². The molecular weight excluding hydrogens is 140 g/mol. The number of hydrogen-bond acceptors (Lipinski definition) is 2. The van der Waals surface area contributed by atoms with Gasteiger partial charge in [-0.25, -0.2) is 0 Å². The van der Waals surface area contributed by atoms with Crippen LogP contribution in [0.4, 0.5) is 0 Å². The molecule has 2 fully saturated rings. The number of likely N-dealkylation sites (tertiary alicyclic amines) is 1. The summed E-state index contributed by atoms with van der Waals surface area (Å²) in [7, 11) is 0. The highest BCUT2D eigenvalue weighted by Crippen LogP contribution is 2.37. The van der Waals surface area contributed by atoms with Crippen LogP contribution < -0.4 is 5.32 Å². The first kappa shape index (κ1) is 7.10. The fourth-order valence-corrected chi connectivity index (χ4v) is 2.16. The summed E-state index contributed by atoms with van der Waals surface area (Å²) in [6.07, 6.45) is 3.46. The topological polar surface area (TPSA) is 32.3 Å². The van der Waals surface area contributed by atoms with E-state index in [2.05, 4.69) is 5.32 Å². The summed E-state index contributed by atoms with van der Waals surface area (Å²) in [4.78, 5) is 12.2. The van der Waals surface area contributed by atoms with E-state index in [4.69, 9.17) is 0 Å². The Hall–Kier alpha value is -0.570. The maximum Gasteiger partial charge on any atom is 0.209 e. The van der Waals surface area contributed by atoms with Gasteiger partial charge in [0.1, 0.15) is 0 Å². The first-order chi connectivity index (χ1) is 5.35. The fraction of sp³-hybridized carbons (Fsp3) is 0.875. The lowest BCUT2D eigenvalue weighted by atomic mass is 9.73. The van der Waals surface area contributed by atoms with Crippen LogP contribution in [0.15, 0.2) is 0 Å². The second-order valence-electron chi connectivity index (χ2n) is 3.76. The average Bonchev–Trinajstić information content (AvgIpc) is 2.01. The van der Waals surface area contributed by atoms with Crippen LogP contribution in [-0.4, -0.2) is 37.5 Å². The van der Waals surface area contributed by atoms with Gasteiger partial charge in [-0.2, -0.15) is 0 Å². The Balaban J connectivity index is 1.88. The van der Waals surface area contributed by atoms with Gasteiger partial charge in [0.15, 0.2) is 0 Å². The minimum atomic E-state index is 0.506. The number of amides is 1. The summed E-state index contributed by atoms with van der Waals surface area (Å²) in [5, 5.41) is 3.33. The largest absolute Gasteiger partial charge is 0.344 e. The Bertz CT molecular complexity index is 155. The van der Waals surface area contributed by atoms with E-state index in [0.717, 1.165) is 32.6 Å². The van der Waals surface area contributed by atoms with E-state index in [1.54, 1.807) is 0 Å². The zero-order chi connectivity index (χ0) is 7.73. The van der Waals surface area contributed by atoms with Crippen molar-refractivity contribution in [3.05, 3.63) is 0 Å². The summed E-state index contributed by atoms with van der Waals surface area (Å²) in [6.45, 7) is 4.26. The lowest BCUT2D eigenvalue weighted by molar-refractivity contribution is -0.131.